The van der Waals surface area contributed by atoms with Crippen LogP contribution >= 0.6 is 0 Å². The quantitative estimate of drug-likeness (QED) is 0.714. The zero-order valence-electron chi connectivity index (χ0n) is 9.94. The highest BCUT2D eigenvalue weighted by molar-refractivity contribution is 5.38. The molecule has 0 aliphatic carbocycles. The maximum absolute atomic E-state index is 5.51. The molecule has 0 amide bonds. The molecule has 94 valence electrons. The van der Waals surface area contributed by atoms with E-state index >= 15 is 0 Å². The lowest BCUT2D eigenvalue weighted by atomic mass is 10.3. The van der Waals surface area contributed by atoms with Crippen molar-refractivity contribution in [2.45, 2.75) is 0 Å². The van der Waals surface area contributed by atoms with Gasteiger partial charge in [0.25, 0.3) is 12.1 Å². The molecule has 1 aliphatic rings. The minimum atomic E-state index is 0.321. The van der Waals surface area contributed by atoms with Gasteiger partial charge in [0.1, 0.15) is 5.82 Å². The number of hydrogen-bond acceptors (Lipinski definition) is 6. The van der Waals surface area contributed by atoms with Crippen molar-refractivity contribution in [3.05, 3.63) is 30.6 Å². The molecule has 1 aliphatic heterocycles. The fraction of sp³-hybridized carbons (Fsp3) is 0.364. The summed E-state index contributed by atoms with van der Waals surface area (Å²) in [6.07, 6.45) is 3.49. The van der Waals surface area contributed by atoms with Crippen LogP contribution in [0.4, 0.5) is 11.7 Å². The summed E-state index contributed by atoms with van der Waals surface area (Å²) >= 11 is 0. The first kappa shape index (κ1) is 10.8. The number of aromatic nitrogens is 3. The van der Waals surface area contributed by atoms with Gasteiger partial charge in [-0.1, -0.05) is 6.07 Å². The van der Waals surface area contributed by atoms with Crippen molar-refractivity contribution in [3.63, 3.8) is 0 Å². The van der Waals surface area contributed by atoms with Crippen LogP contribution in [0.3, 0.4) is 0 Å². The molecule has 1 fully saturated rings. The maximum Gasteiger partial charge on any atom is 0.296 e. The second-order valence-electron chi connectivity index (χ2n) is 4.15. The number of piperazine rings is 1. The Bertz CT molecular complexity index is 505. The third-order valence-electron chi connectivity index (χ3n) is 2.99. The lowest BCUT2D eigenvalue weighted by Crippen LogP contribution is -2.65. The lowest BCUT2D eigenvalue weighted by molar-refractivity contribution is -0.758. The van der Waals surface area contributed by atoms with Crippen LogP contribution in [0.2, 0.25) is 0 Å². The highest BCUT2D eigenvalue weighted by Crippen LogP contribution is 2.10. The van der Waals surface area contributed by atoms with Gasteiger partial charge in [0, 0.05) is 19.3 Å². The fourth-order valence-electron chi connectivity index (χ4n) is 2.05. The second kappa shape index (κ2) is 4.52. The largest absolute Gasteiger partial charge is 0.362 e. The van der Waals surface area contributed by atoms with Crippen LogP contribution in [0, 0.1) is 0 Å². The number of rotatable bonds is 2. The van der Waals surface area contributed by atoms with Gasteiger partial charge in [-0.3, -0.25) is 4.52 Å². The number of pyridine rings is 1. The van der Waals surface area contributed by atoms with Crippen molar-refractivity contribution in [1.29, 1.82) is 0 Å². The smallest absolute Gasteiger partial charge is 0.296 e. The van der Waals surface area contributed by atoms with E-state index in [9.17, 15) is 0 Å². The van der Waals surface area contributed by atoms with E-state index in [4.69, 9.17) is 10.3 Å². The SMILES string of the molecule is Nc1c[n+](N2CCN(c3ccccn3)CC2)no1. The molecule has 0 unspecified atom stereocenters. The van der Waals surface area contributed by atoms with Crippen molar-refractivity contribution in [3.8, 4) is 0 Å². The number of nitrogens with zero attached hydrogens (tertiary/aromatic N) is 5. The van der Waals surface area contributed by atoms with Gasteiger partial charge in [-0.2, -0.15) is 0 Å². The summed E-state index contributed by atoms with van der Waals surface area (Å²) in [5.74, 6) is 1.34. The van der Waals surface area contributed by atoms with E-state index in [1.807, 2.05) is 24.4 Å². The molecule has 0 atom stereocenters. The summed E-state index contributed by atoms with van der Waals surface area (Å²) in [5, 5.41) is 5.93. The minimum absolute atomic E-state index is 0.321. The number of anilines is 2. The van der Waals surface area contributed by atoms with Crippen molar-refractivity contribution >= 4 is 11.7 Å². The molecule has 3 rings (SSSR count). The molecule has 0 spiro atoms. The summed E-state index contributed by atoms with van der Waals surface area (Å²) in [5.41, 5.74) is 5.51. The van der Waals surface area contributed by atoms with E-state index in [1.165, 1.54) is 0 Å². The predicted octanol–water partition coefficient (Wildman–Crippen LogP) is -0.602. The van der Waals surface area contributed by atoms with E-state index in [0.717, 1.165) is 32.0 Å². The topological polar surface area (TPSA) is 75.3 Å². The standard InChI is InChI=1S/C11H15N6O/c12-10-9-17(14-18-10)16-7-5-15(6-8-16)11-3-1-2-4-13-11/h1-4,9H,5-8,12H2/q+1. The Hall–Kier alpha value is -2.31. The van der Waals surface area contributed by atoms with Crippen LogP contribution < -0.4 is 20.4 Å². The highest BCUT2D eigenvalue weighted by atomic mass is 16.5. The molecule has 0 aromatic carbocycles. The Morgan fingerprint density at radius 2 is 2.06 bits per heavy atom. The van der Waals surface area contributed by atoms with E-state index in [0.29, 0.717) is 5.88 Å². The molecule has 2 aromatic heterocycles. The molecular formula is C11H15N6O+. The lowest BCUT2D eigenvalue weighted by Gasteiger charge is -2.30. The normalized spacial score (nSPS) is 16.0. The Morgan fingerprint density at radius 1 is 1.22 bits per heavy atom. The van der Waals surface area contributed by atoms with Gasteiger partial charge in [0.05, 0.1) is 17.9 Å². The summed E-state index contributed by atoms with van der Waals surface area (Å²) in [6, 6.07) is 5.95. The Morgan fingerprint density at radius 3 is 2.67 bits per heavy atom. The van der Waals surface area contributed by atoms with E-state index in [2.05, 4.69) is 20.2 Å². The van der Waals surface area contributed by atoms with Crippen LogP contribution in [-0.2, 0) is 0 Å². The number of hydrogen-bond donors (Lipinski definition) is 1. The van der Waals surface area contributed by atoms with Gasteiger partial charge >= 0.3 is 0 Å². The van der Waals surface area contributed by atoms with Gasteiger partial charge < -0.3 is 10.6 Å². The predicted molar refractivity (Wildman–Crippen MR) is 65.5 cm³/mol. The van der Waals surface area contributed by atoms with Crippen molar-refractivity contribution < 1.29 is 9.31 Å². The first-order valence-electron chi connectivity index (χ1n) is 5.88. The van der Waals surface area contributed by atoms with E-state index in [1.54, 1.807) is 11.0 Å². The van der Waals surface area contributed by atoms with Gasteiger partial charge in [0.2, 0.25) is 5.27 Å². The maximum atomic E-state index is 5.51. The summed E-state index contributed by atoms with van der Waals surface area (Å²) in [7, 11) is 0. The molecule has 0 radical (unpaired) electrons. The fourth-order valence-corrected chi connectivity index (χ4v) is 2.05. The Labute approximate surface area is 104 Å². The third-order valence-corrected chi connectivity index (χ3v) is 2.99. The molecule has 2 N–H and O–H groups in total. The average molecular weight is 247 g/mol. The molecule has 1 saturated heterocycles. The summed E-state index contributed by atoms with van der Waals surface area (Å²) < 4.78 is 4.85. The molecule has 0 bridgehead atoms. The zero-order valence-corrected chi connectivity index (χ0v) is 9.94. The van der Waals surface area contributed by atoms with E-state index < -0.39 is 0 Å². The van der Waals surface area contributed by atoms with Gasteiger partial charge in [-0.15, -0.1) is 5.01 Å². The summed E-state index contributed by atoms with van der Waals surface area (Å²) in [6.45, 7) is 3.51. The van der Waals surface area contributed by atoms with Crippen LogP contribution in [0.1, 0.15) is 0 Å². The highest BCUT2D eigenvalue weighted by Gasteiger charge is 2.25. The molecular weight excluding hydrogens is 232 g/mol. The minimum Gasteiger partial charge on any atom is -0.362 e. The van der Waals surface area contributed by atoms with Gasteiger partial charge in [0.15, 0.2) is 0 Å². The van der Waals surface area contributed by atoms with Crippen molar-refractivity contribution in [2.24, 2.45) is 0 Å². The number of nitrogen functional groups attached to an aromatic ring is 1. The third kappa shape index (κ3) is 2.06. The monoisotopic (exact) mass is 247 g/mol. The molecule has 7 heteroatoms. The second-order valence-corrected chi connectivity index (χ2v) is 4.15. The van der Waals surface area contributed by atoms with Gasteiger partial charge in [-0.25, -0.2) is 4.98 Å². The Kier molecular flexibility index (Phi) is 2.71. The zero-order chi connectivity index (χ0) is 12.4. The molecule has 3 heterocycles. The Balaban J connectivity index is 1.65. The van der Waals surface area contributed by atoms with Crippen LogP contribution in [0.25, 0.3) is 0 Å². The van der Waals surface area contributed by atoms with Crippen LogP contribution in [0.15, 0.2) is 35.1 Å². The molecule has 7 nitrogen and oxygen atoms in total. The van der Waals surface area contributed by atoms with Gasteiger partial charge in [-0.05, 0) is 12.1 Å². The van der Waals surface area contributed by atoms with E-state index in [-0.39, 0.29) is 0 Å². The first-order valence-corrected chi connectivity index (χ1v) is 5.88. The molecule has 2 aromatic rings. The number of nitrogens with two attached hydrogens (primary N) is 1. The molecule has 0 saturated carbocycles. The first-order chi connectivity index (χ1) is 8.83. The molecule has 18 heavy (non-hydrogen) atoms. The van der Waals surface area contributed by atoms with Crippen molar-refractivity contribution in [1.82, 2.24) is 10.3 Å². The van der Waals surface area contributed by atoms with Crippen LogP contribution in [-0.4, -0.2) is 36.4 Å². The summed E-state index contributed by atoms with van der Waals surface area (Å²) in [4.78, 5) is 8.26. The average Bonchev–Trinajstić information content (AvgIpc) is 2.87. The van der Waals surface area contributed by atoms with Crippen LogP contribution in [0.5, 0.6) is 0 Å². The van der Waals surface area contributed by atoms with Crippen molar-refractivity contribution in [2.75, 3.05) is 41.8 Å².